The molecule has 0 aromatic heterocycles. The normalized spacial score (nSPS) is 21.2. The van der Waals surface area contributed by atoms with Crippen LogP contribution in [0.2, 0.25) is 0 Å². The summed E-state index contributed by atoms with van der Waals surface area (Å²) in [6.07, 6.45) is 5.00. The summed E-state index contributed by atoms with van der Waals surface area (Å²) in [7, 11) is 0. The van der Waals surface area contributed by atoms with Crippen molar-refractivity contribution in [1.82, 2.24) is 4.90 Å². The monoisotopic (exact) mass is 413 g/mol. The number of ether oxygens (including phenoxy) is 2. The molecule has 0 radical (unpaired) electrons. The summed E-state index contributed by atoms with van der Waals surface area (Å²) in [4.78, 5) is 2.51. The van der Waals surface area contributed by atoms with Gasteiger partial charge in [0.15, 0.2) is 0 Å². The molecule has 2 heterocycles. The fraction of sp³-hybridized carbons (Fsp3) is 0.357. The number of piperidine rings is 1. The Morgan fingerprint density at radius 3 is 2.32 bits per heavy atom. The van der Waals surface area contributed by atoms with Crippen molar-refractivity contribution >= 4 is 0 Å². The summed E-state index contributed by atoms with van der Waals surface area (Å²) in [5, 5.41) is 0. The predicted octanol–water partition coefficient (Wildman–Crippen LogP) is 6.01. The van der Waals surface area contributed by atoms with E-state index in [-0.39, 0.29) is 6.10 Å². The quantitative estimate of drug-likeness (QED) is 0.494. The summed E-state index contributed by atoms with van der Waals surface area (Å²) in [5.41, 5.74) is 3.81. The SMILES string of the molecule is c1ccc(C2Cc3ccccc3OC2c2ccc(OCCN3CCCCC3)cc2)cc1. The van der Waals surface area contributed by atoms with Gasteiger partial charge in [0.05, 0.1) is 0 Å². The second kappa shape index (κ2) is 9.57. The molecule has 0 bridgehead atoms. The van der Waals surface area contributed by atoms with Gasteiger partial charge in [-0.3, -0.25) is 4.90 Å². The topological polar surface area (TPSA) is 21.7 Å². The van der Waals surface area contributed by atoms with E-state index in [2.05, 4.69) is 83.8 Å². The average Bonchev–Trinajstić information content (AvgIpc) is 2.85. The van der Waals surface area contributed by atoms with Crippen LogP contribution in [0.1, 0.15) is 48.0 Å². The van der Waals surface area contributed by atoms with Crippen LogP contribution in [0, 0.1) is 0 Å². The van der Waals surface area contributed by atoms with Gasteiger partial charge in [-0.15, -0.1) is 0 Å². The van der Waals surface area contributed by atoms with Gasteiger partial charge in [0.1, 0.15) is 24.2 Å². The Kier molecular flexibility index (Phi) is 6.22. The van der Waals surface area contributed by atoms with E-state index in [0.717, 1.165) is 31.1 Å². The first kappa shape index (κ1) is 20.1. The molecule has 3 nitrogen and oxygen atoms in total. The zero-order valence-electron chi connectivity index (χ0n) is 18.1. The van der Waals surface area contributed by atoms with Crippen molar-refractivity contribution in [3.05, 3.63) is 95.6 Å². The van der Waals surface area contributed by atoms with Gasteiger partial charge in [-0.1, -0.05) is 67.1 Å². The van der Waals surface area contributed by atoms with E-state index in [1.165, 1.54) is 49.0 Å². The number of nitrogens with zero attached hydrogens (tertiary/aromatic N) is 1. The third kappa shape index (κ3) is 4.77. The number of hydrogen-bond acceptors (Lipinski definition) is 3. The van der Waals surface area contributed by atoms with E-state index in [4.69, 9.17) is 9.47 Å². The van der Waals surface area contributed by atoms with Crippen LogP contribution in [0.25, 0.3) is 0 Å². The van der Waals surface area contributed by atoms with Crippen LogP contribution in [-0.4, -0.2) is 31.1 Å². The predicted molar refractivity (Wildman–Crippen MR) is 125 cm³/mol. The summed E-state index contributed by atoms with van der Waals surface area (Å²) < 4.78 is 12.6. The maximum absolute atomic E-state index is 6.54. The number of likely N-dealkylation sites (tertiary alicyclic amines) is 1. The van der Waals surface area contributed by atoms with Gasteiger partial charge in [0.25, 0.3) is 0 Å². The number of fused-ring (bicyclic) bond motifs is 1. The molecule has 0 spiro atoms. The molecule has 2 aliphatic rings. The lowest BCUT2D eigenvalue weighted by molar-refractivity contribution is 0.151. The molecule has 1 fully saturated rings. The van der Waals surface area contributed by atoms with Crippen LogP contribution in [-0.2, 0) is 6.42 Å². The van der Waals surface area contributed by atoms with Crippen LogP contribution in [0.5, 0.6) is 11.5 Å². The lowest BCUT2D eigenvalue weighted by Gasteiger charge is -2.34. The molecule has 3 heteroatoms. The van der Waals surface area contributed by atoms with Gasteiger partial charge >= 0.3 is 0 Å². The van der Waals surface area contributed by atoms with Gasteiger partial charge in [0, 0.05) is 12.5 Å². The van der Waals surface area contributed by atoms with Crippen LogP contribution in [0.3, 0.4) is 0 Å². The molecule has 0 saturated carbocycles. The highest BCUT2D eigenvalue weighted by Gasteiger charge is 2.32. The van der Waals surface area contributed by atoms with E-state index in [0.29, 0.717) is 5.92 Å². The highest BCUT2D eigenvalue weighted by atomic mass is 16.5. The molecule has 2 atom stereocenters. The molecule has 31 heavy (non-hydrogen) atoms. The summed E-state index contributed by atoms with van der Waals surface area (Å²) in [6.45, 7) is 4.19. The first-order valence-corrected chi connectivity index (χ1v) is 11.6. The van der Waals surface area contributed by atoms with E-state index >= 15 is 0 Å². The van der Waals surface area contributed by atoms with Crippen molar-refractivity contribution in [2.75, 3.05) is 26.2 Å². The largest absolute Gasteiger partial charge is 0.492 e. The Morgan fingerprint density at radius 1 is 0.774 bits per heavy atom. The van der Waals surface area contributed by atoms with Crippen LogP contribution in [0.4, 0.5) is 0 Å². The molecule has 3 aromatic carbocycles. The summed E-state index contributed by atoms with van der Waals surface area (Å²) in [5.74, 6) is 2.23. The molecule has 2 unspecified atom stereocenters. The molecular formula is C28H31NO2. The molecule has 5 rings (SSSR count). The van der Waals surface area contributed by atoms with Gasteiger partial charge in [-0.25, -0.2) is 0 Å². The van der Waals surface area contributed by atoms with Crippen LogP contribution < -0.4 is 9.47 Å². The second-order valence-electron chi connectivity index (χ2n) is 8.69. The van der Waals surface area contributed by atoms with Gasteiger partial charge in [-0.05, 0) is 67.2 Å². The van der Waals surface area contributed by atoms with E-state index in [1.54, 1.807) is 0 Å². The molecular weight excluding hydrogens is 382 g/mol. The first-order valence-electron chi connectivity index (χ1n) is 11.6. The summed E-state index contributed by atoms with van der Waals surface area (Å²) in [6, 6.07) is 27.7. The highest BCUT2D eigenvalue weighted by molar-refractivity contribution is 5.41. The molecule has 160 valence electrons. The Hall–Kier alpha value is -2.78. The Labute approximate surface area is 185 Å². The van der Waals surface area contributed by atoms with Crippen molar-refractivity contribution in [3.8, 4) is 11.5 Å². The standard InChI is InChI=1S/C28H31NO2/c1-3-9-22(10-4-1)26-21-24-11-5-6-12-27(24)31-28(26)23-13-15-25(16-14-23)30-20-19-29-17-7-2-8-18-29/h1,3-6,9-16,26,28H,2,7-8,17-21H2. The van der Waals surface area contributed by atoms with Crippen molar-refractivity contribution in [2.45, 2.75) is 37.7 Å². The highest BCUT2D eigenvalue weighted by Crippen LogP contribution is 2.44. The molecule has 0 amide bonds. The third-order valence-corrected chi connectivity index (χ3v) is 6.59. The lowest BCUT2D eigenvalue weighted by atomic mass is 9.82. The second-order valence-corrected chi connectivity index (χ2v) is 8.69. The molecule has 0 aliphatic carbocycles. The van der Waals surface area contributed by atoms with Gasteiger partial charge < -0.3 is 9.47 Å². The van der Waals surface area contributed by atoms with Gasteiger partial charge in [0.2, 0.25) is 0 Å². The Morgan fingerprint density at radius 2 is 1.52 bits per heavy atom. The van der Waals surface area contributed by atoms with E-state index in [9.17, 15) is 0 Å². The average molecular weight is 414 g/mol. The third-order valence-electron chi connectivity index (χ3n) is 6.59. The van der Waals surface area contributed by atoms with Crippen LogP contribution >= 0.6 is 0 Å². The Bertz CT molecular complexity index is 964. The minimum atomic E-state index is -0.000278. The molecule has 2 aliphatic heterocycles. The minimum absolute atomic E-state index is 0.000278. The Balaban J connectivity index is 1.30. The van der Waals surface area contributed by atoms with Crippen molar-refractivity contribution < 1.29 is 9.47 Å². The van der Waals surface area contributed by atoms with Crippen molar-refractivity contribution in [3.63, 3.8) is 0 Å². The molecule has 0 N–H and O–H groups in total. The number of para-hydroxylation sites is 1. The molecule has 3 aromatic rings. The smallest absolute Gasteiger partial charge is 0.131 e. The zero-order chi connectivity index (χ0) is 20.9. The maximum atomic E-state index is 6.54. The fourth-order valence-corrected chi connectivity index (χ4v) is 4.87. The maximum Gasteiger partial charge on any atom is 0.131 e. The zero-order valence-corrected chi connectivity index (χ0v) is 18.1. The lowest BCUT2D eigenvalue weighted by Crippen LogP contribution is -2.33. The molecule has 1 saturated heterocycles. The van der Waals surface area contributed by atoms with Crippen LogP contribution in [0.15, 0.2) is 78.9 Å². The van der Waals surface area contributed by atoms with E-state index < -0.39 is 0 Å². The first-order chi connectivity index (χ1) is 15.4. The van der Waals surface area contributed by atoms with Crippen molar-refractivity contribution in [2.24, 2.45) is 0 Å². The number of benzene rings is 3. The summed E-state index contributed by atoms with van der Waals surface area (Å²) >= 11 is 0. The van der Waals surface area contributed by atoms with Gasteiger partial charge in [-0.2, -0.15) is 0 Å². The van der Waals surface area contributed by atoms with Crippen molar-refractivity contribution in [1.29, 1.82) is 0 Å². The minimum Gasteiger partial charge on any atom is -0.492 e. The number of rotatable bonds is 6. The number of hydrogen-bond donors (Lipinski definition) is 0. The van der Waals surface area contributed by atoms with E-state index in [1.807, 2.05) is 0 Å². The fourth-order valence-electron chi connectivity index (χ4n) is 4.87.